The van der Waals surface area contributed by atoms with E-state index in [-0.39, 0.29) is 5.54 Å². The highest BCUT2D eigenvalue weighted by atomic mass is 15.0. The van der Waals surface area contributed by atoms with Crippen LogP contribution in [-0.4, -0.2) is 26.6 Å². The molecule has 2 heterocycles. The Morgan fingerprint density at radius 3 is 2.84 bits per heavy atom. The van der Waals surface area contributed by atoms with E-state index in [0.717, 1.165) is 30.8 Å². The van der Waals surface area contributed by atoms with Crippen LogP contribution in [-0.2, 0) is 6.54 Å². The third-order valence-corrected chi connectivity index (χ3v) is 2.84. The van der Waals surface area contributed by atoms with Gasteiger partial charge in [0.2, 0.25) is 0 Å². The number of imidazole rings is 1. The largest absolute Gasteiger partial charge is 0.337 e. The summed E-state index contributed by atoms with van der Waals surface area (Å²) in [5, 5.41) is 3.49. The van der Waals surface area contributed by atoms with E-state index in [9.17, 15) is 0 Å². The summed E-state index contributed by atoms with van der Waals surface area (Å²) in [7, 11) is 0. The van der Waals surface area contributed by atoms with Gasteiger partial charge in [-0.3, -0.25) is 4.98 Å². The van der Waals surface area contributed by atoms with Crippen molar-refractivity contribution in [2.45, 2.75) is 39.3 Å². The van der Waals surface area contributed by atoms with Crippen molar-refractivity contribution in [3.05, 3.63) is 37.1 Å². The predicted octanol–water partition coefficient (Wildman–Crippen LogP) is 2.72. The molecular weight excluding hydrogens is 236 g/mol. The summed E-state index contributed by atoms with van der Waals surface area (Å²) < 4.78 is 2.13. The van der Waals surface area contributed by atoms with Gasteiger partial charge in [0.05, 0.1) is 12.0 Å². The van der Waals surface area contributed by atoms with Gasteiger partial charge in [-0.15, -0.1) is 0 Å². The van der Waals surface area contributed by atoms with Gasteiger partial charge in [0.25, 0.3) is 0 Å². The van der Waals surface area contributed by atoms with Gasteiger partial charge in [-0.2, -0.15) is 0 Å². The number of nitrogens with one attached hydrogen (secondary N) is 1. The minimum atomic E-state index is 0.190. The molecule has 0 aliphatic heterocycles. The first-order valence-corrected chi connectivity index (χ1v) is 6.72. The van der Waals surface area contributed by atoms with Crippen molar-refractivity contribution < 1.29 is 0 Å². The predicted molar refractivity (Wildman–Crippen MR) is 77.8 cm³/mol. The first kappa shape index (κ1) is 13.7. The normalized spacial score (nSPS) is 11.7. The van der Waals surface area contributed by atoms with E-state index in [2.05, 4.69) is 46.8 Å². The third-order valence-electron chi connectivity index (χ3n) is 2.84. The first-order chi connectivity index (χ1) is 9.04. The number of nitrogens with zero attached hydrogens (tertiary/aromatic N) is 3. The van der Waals surface area contributed by atoms with Crippen molar-refractivity contribution in [1.82, 2.24) is 19.9 Å². The second-order valence-electron chi connectivity index (χ2n) is 5.77. The van der Waals surface area contributed by atoms with Crippen LogP contribution in [0.5, 0.6) is 0 Å². The molecule has 0 aliphatic rings. The Morgan fingerprint density at radius 1 is 1.32 bits per heavy atom. The molecule has 2 aromatic heterocycles. The molecule has 0 amide bonds. The molecule has 0 spiro atoms. The fourth-order valence-corrected chi connectivity index (χ4v) is 1.87. The van der Waals surface area contributed by atoms with Crippen molar-refractivity contribution in [2.24, 2.45) is 0 Å². The van der Waals surface area contributed by atoms with Crippen LogP contribution in [0, 0.1) is 0 Å². The van der Waals surface area contributed by atoms with Gasteiger partial charge < -0.3 is 9.88 Å². The Balaban J connectivity index is 1.85. The molecule has 0 aliphatic carbocycles. The summed E-state index contributed by atoms with van der Waals surface area (Å²) >= 11 is 0. The summed E-state index contributed by atoms with van der Waals surface area (Å²) in [4.78, 5) is 8.53. The molecule has 102 valence electrons. The summed E-state index contributed by atoms with van der Waals surface area (Å²) in [6, 6.07) is 3.96. The van der Waals surface area contributed by atoms with Gasteiger partial charge in [-0.25, -0.2) is 4.98 Å². The van der Waals surface area contributed by atoms with E-state index in [1.54, 1.807) is 6.20 Å². The van der Waals surface area contributed by atoms with Crippen LogP contribution in [0.3, 0.4) is 0 Å². The zero-order valence-electron chi connectivity index (χ0n) is 11.9. The lowest BCUT2D eigenvalue weighted by Gasteiger charge is -2.20. The second-order valence-corrected chi connectivity index (χ2v) is 5.77. The maximum atomic E-state index is 4.42. The van der Waals surface area contributed by atoms with E-state index in [0.29, 0.717) is 0 Å². The van der Waals surface area contributed by atoms with Crippen molar-refractivity contribution in [1.29, 1.82) is 0 Å². The van der Waals surface area contributed by atoms with Crippen molar-refractivity contribution in [3.8, 4) is 11.3 Å². The van der Waals surface area contributed by atoms with Crippen LogP contribution in [0.15, 0.2) is 37.1 Å². The fourth-order valence-electron chi connectivity index (χ4n) is 1.87. The first-order valence-electron chi connectivity index (χ1n) is 6.72. The van der Waals surface area contributed by atoms with E-state index in [4.69, 9.17) is 0 Å². The molecule has 1 N–H and O–H groups in total. The van der Waals surface area contributed by atoms with Gasteiger partial charge in [-0.1, -0.05) is 0 Å². The highest BCUT2D eigenvalue weighted by Crippen LogP contribution is 2.14. The SMILES string of the molecule is CC(C)(C)NCCCn1cnc(-c2cccnc2)c1. The third kappa shape index (κ3) is 4.48. The number of hydrogen-bond acceptors (Lipinski definition) is 3. The lowest BCUT2D eigenvalue weighted by molar-refractivity contribution is 0.413. The van der Waals surface area contributed by atoms with Crippen molar-refractivity contribution >= 4 is 0 Å². The molecule has 2 rings (SSSR count). The van der Waals surface area contributed by atoms with Crippen LogP contribution in [0.25, 0.3) is 11.3 Å². The number of aryl methyl sites for hydroxylation is 1. The molecule has 0 bridgehead atoms. The standard InChI is InChI=1S/C15H22N4/c1-15(2,3)18-8-5-9-19-11-14(17-12-19)13-6-4-7-16-10-13/h4,6-7,10-12,18H,5,8-9H2,1-3H3. The Morgan fingerprint density at radius 2 is 2.16 bits per heavy atom. The molecule has 0 fully saturated rings. The molecule has 4 heteroatoms. The summed E-state index contributed by atoms with van der Waals surface area (Å²) in [5.41, 5.74) is 2.24. The zero-order valence-corrected chi connectivity index (χ0v) is 11.9. The molecule has 0 atom stereocenters. The lowest BCUT2D eigenvalue weighted by atomic mass is 10.1. The Bertz CT molecular complexity index is 496. The topological polar surface area (TPSA) is 42.7 Å². The molecule has 0 saturated carbocycles. The molecule has 2 aromatic rings. The molecule has 0 radical (unpaired) electrons. The van der Waals surface area contributed by atoms with Gasteiger partial charge >= 0.3 is 0 Å². The van der Waals surface area contributed by atoms with Gasteiger partial charge in [0.1, 0.15) is 0 Å². The minimum absolute atomic E-state index is 0.190. The second kappa shape index (κ2) is 5.97. The smallest absolute Gasteiger partial charge is 0.0953 e. The van der Waals surface area contributed by atoms with E-state index in [1.807, 2.05) is 24.7 Å². The monoisotopic (exact) mass is 258 g/mol. The number of pyridine rings is 1. The Kier molecular flexibility index (Phi) is 4.32. The number of aromatic nitrogens is 3. The van der Waals surface area contributed by atoms with Crippen molar-refractivity contribution in [3.63, 3.8) is 0 Å². The van der Waals surface area contributed by atoms with Gasteiger partial charge in [-0.05, 0) is 45.9 Å². The maximum Gasteiger partial charge on any atom is 0.0953 e. The zero-order chi connectivity index (χ0) is 13.7. The van der Waals surface area contributed by atoms with E-state index in [1.165, 1.54) is 0 Å². The molecule has 4 nitrogen and oxygen atoms in total. The van der Waals surface area contributed by atoms with Crippen LogP contribution in [0.2, 0.25) is 0 Å². The fraction of sp³-hybridized carbons (Fsp3) is 0.467. The number of hydrogen-bond donors (Lipinski definition) is 1. The number of rotatable bonds is 5. The van der Waals surface area contributed by atoms with Crippen LogP contribution >= 0.6 is 0 Å². The molecule has 19 heavy (non-hydrogen) atoms. The summed E-state index contributed by atoms with van der Waals surface area (Å²) in [6.07, 6.45) is 8.68. The van der Waals surface area contributed by atoms with Crippen LogP contribution < -0.4 is 5.32 Å². The maximum absolute atomic E-state index is 4.42. The Labute approximate surface area is 114 Å². The average molecular weight is 258 g/mol. The highest BCUT2D eigenvalue weighted by molar-refractivity contribution is 5.56. The minimum Gasteiger partial charge on any atom is -0.337 e. The van der Waals surface area contributed by atoms with Gasteiger partial charge in [0.15, 0.2) is 0 Å². The summed E-state index contributed by atoms with van der Waals surface area (Å²) in [6.45, 7) is 8.56. The lowest BCUT2D eigenvalue weighted by Crippen LogP contribution is -2.36. The van der Waals surface area contributed by atoms with E-state index >= 15 is 0 Å². The summed E-state index contributed by atoms with van der Waals surface area (Å²) in [5.74, 6) is 0. The molecular formula is C15H22N4. The quantitative estimate of drug-likeness (QED) is 0.839. The van der Waals surface area contributed by atoms with Crippen LogP contribution in [0.4, 0.5) is 0 Å². The van der Waals surface area contributed by atoms with Crippen molar-refractivity contribution in [2.75, 3.05) is 6.54 Å². The molecule has 0 unspecified atom stereocenters. The highest BCUT2D eigenvalue weighted by Gasteiger charge is 2.07. The van der Waals surface area contributed by atoms with E-state index < -0.39 is 0 Å². The molecule has 0 aromatic carbocycles. The van der Waals surface area contributed by atoms with Gasteiger partial charge in [0, 0.05) is 36.2 Å². The Hall–Kier alpha value is -1.68. The average Bonchev–Trinajstić information content (AvgIpc) is 2.83. The molecule has 0 saturated heterocycles. The van der Waals surface area contributed by atoms with Crippen LogP contribution in [0.1, 0.15) is 27.2 Å².